The third-order valence-electron chi connectivity index (χ3n) is 4.58. The Morgan fingerprint density at radius 2 is 1.81 bits per heavy atom. The molecular weight excluding hydrogens is 328 g/mol. The summed E-state index contributed by atoms with van der Waals surface area (Å²) in [4.78, 5) is 15.1. The second-order valence-electron chi connectivity index (χ2n) is 6.48. The fourth-order valence-corrected chi connectivity index (χ4v) is 3.12. The van der Waals surface area contributed by atoms with Crippen molar-refractivity contribution in [3.05, 3.63) is 71.3 Å². The number of benzene rings is 2. The minimum atomic E-state index is -0.0592. The van der Waals surface area contributed by atoms with Crippen LogP contribution < -0.4 is 5.32 Å². The molecular formula is C21H26N2O3. The molecule has 2 aromatic carbocycles. The summed E-state index contributed by atoms with van der Waals surface area (Å²) in [6.07, 6.45) is 0. The van der Waals surface area contributed by atoms with Gasteiger partial charge in [-0.2, -0.15) is 0 Å². The van der Waals surface area contributed by atoms with Crippen molar-refractivity contribution in [1.29, 1.82) is 0 Å². The van der Waals surface area contributed by atoms with Gasteiger partial charge in [-0.1, -0.05) is 42.5 Å². The summed E-state index contributed by atoms with van der Waals surface area (Å²) in [6, 6.07) is 17.6. The van der Waals surface area contributed by atoms with Crippen LogP contribution in [0.2, 0.25) is 0 Å². The van der Waals surface area contributed by atoms with E-state index in [0.29, 0.717) is 12.2 Å². The number of amides is 1. The number of hydrogen-bond donors (Lipinski definition) is 1. The Kier molecular flexibility index (Phi) is 6.77. The van der Waals surface area contributed by atoms with E-state index in [1.807, 2.05) is 42.5 Å². The van der Waals surface area contributed by atoms with E-state index >= 15 is 0 Å². The molecule has 26 heavy (non-hydrogen) atoms. The molecule has 0 unspecified atom stereocenters. The maximum absolute atomic E-state index is 12.8. The summed E-state index contributed by atoms with van der Waals surface area (Å²) in [5, 5.41) is 3.20. The first-order chi connectivity index (χ1) is 12.8. The standard InChI is InChI=1S/C21H26N2O3/c1-25-16-17-7-9-19(10-8-17)21(24)22-20(18-5-3-2-4-6-18)15-23-11-13-26-14-12-23/h2-10,20H,11-16H2,1H3,(H,22,24)/t20-/m1/s1. The number of rotatable bonds is 7. The van der Waals surface area contributed by atoms with E-state index in [4.69, 9.17) is 9.47 Å². The highest BCUT2D eigenvalue weighted by atomic mass is 16.5. The first-order valence-corrected chi connectivity index (χ1v) is 9.00. The summed E-state index contributed by atoms with van der Waals surface area (Å²) >= 11 is 0. The van der Waals surface area contributed by atoms with Crippen molar-refractivity contribution in [1.82, 2.24) is 10.2 Å². The average molecular weight is 354 g/mol. The minimum Gasteiger partial charge on any atom is -0.380 e. The first-order valence-electron chi connectivity index (χ1n) is 9.00. The lowest BCUT2D eigenvalue weighted by Gasteiger charge is -2.31. The highest BCUT2D eigenvalue weighted by molar-refractivity contribution is 5.94. The molecule has 0 bridgehead atoms. The van der Waals surface area contributed by atoms with Crippen LogP contribution in [0.3, 0.4) is 0 Å². The highest BCUT2D eigenvalue weighted by Gasteiger charge is 2.20. The van der Waals surface area contributed by atoms with Crippen molar-refractivity contribution in [3.8, 4) is 0 Å². The number of carbonyl (C=O) groups excluding carboxylic acids is 1. The van der Waals surface area contributed by atoms with Crippen molar-refractivity contribution in [3.63, 3.8) is 0 Å². The zero-order valence-corrected chi connectivity index (χ0v) is 15.2. The van der Waals surface area contributed by atoms with Crippen molar-refractivity contribution in [2.75, 3.05) is 40.0 Å². The molecule has 0 aliphatic carbocycles. The zero-order chi connectivity index (χ0) is 18.2. The molecule has 1 heterocycles. The molecule has 1 aliphatic heterocycles. The Morgan fingerprint density at radius 1 is 1.12 bits per heavy atom. The van der Waals surface area contributed by atoms with E-state index in [9.17, 15) is 4.79 Å². The molecule has 0 aromatic heterocycles. The third kappa shape index (κ3) is 5.14. The number of hydrogen-bond acceptors (Lipinski definition) is 4. The molecule has 1 aliphatic rings. The smallest absolute Gasteiger partial charge is 0.251 e. The first kappa shape index (κ1) is 18.6. The molecule has 2 aromatic rings. The Hall–Kier alpha value is -2.21. The number of carbonyl (C=O) groups is 1. The molecule has 0 spiro atoms. The summed E-state index contributed by atoms with van der Waals surface area (Å²) in [5.74, 6) is -0.0592. The van der Waals surface area contributed by atoms with Gasteiger partial charge in [0, 0.05) is 32.3 Å². The molecule has 5 heteroatoms. The van der Waals surface area contributed by atoms with Crippen LogP contribution in [0.5, 0.6) is 0 Å². The molecule has 1 amide bonds. The van der Waals surface area contributed by atoms with Gasteiger partial charge in [0.2, 0.25) is 0 Å². The molecule has 0 radical (unpaired) electrons. The van der Waals surface area contributed by atoms with E-state index < -0.39 is 0 Å². The van der Waals surface area contributed by atoms with Gasteiger partial charge in [0.15, 0.2) is 0 Å². The SMILES string of the molecule is COCc1ccc(C(=O)N[C@H](CN2CCOCC2)c2ccccc2)cc1. The minimum absolute atomic E-state index is 0.0551. The fourth-order valence-electron chi connectivity index (χ4n) is 3.12. The Morgan fingerprint density at radius 3 is 2.46 bits per heavy atom. The summed E-state index contributed by atoms with van der Waals surface area (Å²) in [5.41, 5.74) is 2.83. The normalized spacial score (nSPS) is 16.2. The quantitative estimate of drug-likeness (QED) is 0.830. The van der Waals surface area contributed by atoms with Gasteiger partial charge in [-0.3, -0.25) is 9.69 Å². The van der Waals surface area contributed by atoms with Gasteiger partial charge in [0.1, 0.15) is 0 Å². The highest BCUT2D eigenvalue weighted by Crippen LogP contribution is 2.16. The maximum atomic E-state index is 12.8. The van der Waals surface area contributed by atoms with Crippen LogP contribution in [-0.4, -0.2) is 50.8 Å². The lowest BCUT2D eigenvalue weighted by Crippen LogP contribution is -2.43. The van der Waals surface area contributed by atoms with E-state index in [1.54, 1.807) is 7.11 Å². The molecule has 1 N–H and O–H groups in total. The number of morpholine rings is 1. The largest absolute Gasteiger partial charge is 0.380 e. The van der Waals surface area contributed by atoms with Crippen molar-refractivity contribution < 1.29 is 14.3 Å². The molecule has 0 saturated carbocycles. The van der Waals surface area contributed by atoms with Crippen LogP contribution in [0, 0.1) is 0 Å². The van der Waals surface area contributed by atoms with E-state index in [-0.39, 0.29) is 11.9 Å². The predicted molar refractivity (Wildman–Crippen MR) is 101 cm³/mol. The second kappa shape index (κ2) is 9.48. The van der Waals surface area contributed by atoms with Crippen LogP contribution in [0.4, 0.5) is 0 Å². The Labute approximate surface area is 154 Å². The monoisotopic (exact) mass is 354 g/mol. The van der Waals surface area contributed by atoms with Crippen LogP contribution >= 0.6 is 0 Å². The number of nitrogens with zero attached hydrogens (tertiary/aromatic N) is 1. The van der Waals surface area contributed by atoms with Crippen LogP contribution in [0.1, 0.15) is 27.5 Å². The molecule has 5 nitrogen and oxygen atoms in total. The van der Waals surface area contributed by atoms with Crippen molar-refractivity contribution in [2.24, 2.45) is 0 Å². The second-order valence-corrected chi connectivity index (χ2v) is 6.48. The van der Waals surface area contributed by atoms with E-state index in [1.165, 1.54) is 0 Å². The molecule has 3 rings (SSSR count). The number of ether oxygens (including phenoxy) is 2. The summed E-state index contributed by atoms with van der Waals surface area (Å²) in [7, 11) is 1.66. The van der Waals surface area contributed by atoms with E-state index in [2.05, 4.69) is 22.3 Å². The van der Waals surface area contributed by atoms with Gasteiger partial charge in [-0.25, -0.2) is 0 Å². The van der Waals surface area contributed by atoms with Crippen LogP contribution in [-0.2, 0) is 16.1 Å². The van der Waals surface area contributed by atoms with Crippen molar-refractivity contribution in [2.45, 2.75) is 12.6 Å². The molecule has 1 atom stereocenters. The van der Waals surface area contributed by atoms with Gasteiger partial charge in [-0.15, -0.1) is 0 Å². The molecule has 138 valence electrons. The summed E-state index contributed by atoms with van der Waals surface area (Å²) in [6.45, 7) is 4.61. The van der Waals surface area contributed by atoms with Gasteiger partial charge in [0.05, 0.1) is 25.9 Å². The van der Waals surface area contributed by atoms with E-state index in [0.717, 1.165) is 44.0 Å². The van der Waals surface area contributed by atoms with Gasteiger partial charge < -0.3 is 14.8 Å². The fraction of sp³-hybridized carbons (Fsp3) is 0.381. The van der Waals surface area contributed by atoms with Gasteiger partial charge in [0.25, 0.3) is 5.91 Å². The van der Waals surface area contributed by atoms with Gasteiger partial charge in [-0.05, 0) is 23.3 Å². The van der Waals surface area contributed by atoms with Crippen LogP contribution in [0.25, 0.3) is 0 Å². The lowest BCUT2D eigenvalue weighted by molar-refractivity contribution is 0.0332. The van der Waals surface area contributed by atoms with Crippen LogP contribution in [0.15, 0.2) is 54.6 Å². The average Bonchev–Trinajstić information content (AvgIpc) is 2.70. The topological polar surface area (TPSA) is 50.8 Å². The summed E-state index contributed by atoms with van der Waals surface area (Å²) < 4.78 is 10.5. The zero-order valence-electron chi connectivity index (χ0n) is 15.2. The lowest BCUT2D eigenvalue weighted by atomic mass is 10.0. The Balaban J connectivity index is 1.70. The third-order valence-corrected chi connectivity index (χ3v) is 4.58. The number of methoxy groups -OCH3 is 1. The molecule has 1 fully saturated rings. The van der Waals surface area contributed by atoms with Crippen molar-refractivity contribution >= 4 is 5.91 Å². The number of nitrogens with one attached hydrogen (secondary N) is 1. The van der Waals surface area contributed by atoms with Gasteiger partial charge >= 0.3 is 0 Å². The Bertz CT molecular complexity index is 682. The maximum Gasteiger partial charge on any atom is 0.251 e. The predicted octanol–water partition coefficient (Wildman–Crippen LogP) is 2.64. The molecule has 1 saturated heterocycles.